The van der Waals surface area contributed by atoms with Gasteiger partial charge in [0.2, 0.25) is 0 Å². The minimum absolute atomic E-state index is 0.00881. The topological polar surface area (TPSA) is 44.8 Å². The van der Waals surface area contributed by atoms with Crippen LogP contribution in [0.15, 0.2) is 18.2 Å². The maximum absolute atomic E-state index is 12.5. The molecule has 0 radical (unpaired) electrons. The molecule has 1 amide bonds. The van der Waals surface area contributed by atoms with Gasteiger partial charge in [-0.1, -0.05) is 18.5 Å². The Hall–Kier alpha value is -1.30. The molecule has 1 N–H and O–H groups in total. The van der Waals surface area contributed by atoms with Crippen molar-refractivity contribution in [3.63, 3.8) is 0 Å². The Bertz CT molecular complexity index is 558. The van der Waals surface area contributed by atoms with Crippen LogP contribution in [0.4, 0.5) is 0 Å². The van der Waals surface area contributed by atoms with Crippen molar-refractivity contribution in [1.82, 2.24) is 15.1 Å². The molecule has 1 fully saturated rings. The lowest BCUT2D eigenvalue weighted by Crippen LogP contribution is -2.46. The van der Waals surface area contributed by atoms with Crippen molar-refractivity contribution in [2.24, 2.45) is 0 Å². The van der Waals surface area contributed by atoms with E-state index in [1.807, 2.05) is 13.8 Å². The van der Waals surface area contributed by atoms with Crippen molar-refractivity contribution < 1.29 is 9.53 Å². The molecule has 0 bridgehead atoms. The maximum atomic E-state index is 12.5. The number of carbonyl (C=O) groups is 1. The Morgan fingerprint density at radius 2 is 1.92 bits per heavy atom. The van der Waals surface area contributed by atoms with Crippen molar-refractivity contribution in [2.45, 2.75) is 33.3 Å². The molecule has 1 heterocycles. The Morgan fingerprint density at radius 1 is 1.24 bits per heavy atom. The van der Waals surface area contributed by atoms with Gasteiger partial charge in [-0.2, -0.15) is 0 Å². The van der Waals surface area contributed by atoms with Crippen LogP contribution in [0.5, 0.6) is 5.75 Å². The molecule has 0 atom stereocenters. The van der Waals surface area contributed by atoms with Crippen molar-refractivity contribution in [3.05, 3.63) is 28.8 Å². The van der Waals surface area contributed by atoms with Crippen molar-refractivity contribution in [1.29, 1.82) is 0 Å². The number of piperazine rings is 1. The molecule has 0 saturated carbocycles. The highest BCUT2D eigenvalue weighted by Gasteiger charge is 2.16. The van der Waals surface area contributed by atoms with Gasteiger partial charge in [0.15, 0.2) is 0 Å². The van der Waals surface area contributed by atoms with Gasteiger partial charge in [-0.3, -0.25) is 4.79 Å². The molecule has 25 heavy (non-hydrogen) atoms. The molecule has 140 valence electrons. The fourth-order valence-corrected chi connectivity index (χ4v) is 3.14. The van der Waals surface area contributed by atoms with E-state index in [-0.39, 0.29) is 12.0 Å². The molecule has 2 rings (SSSR count). The fourth-order valence-electron chi connectivity index (χ4n) is 2.97. The minimum atomic E-state index is -0.131. The van der Waals surface area contributed by atoms with Crippen LogP contribution in [0, 0.1) is 0 Å². The Kier molecular flexibility index (Phi) is 8.00. The summed E-state index contributed by atoms with van der Waals surface area (Å²) in [6.07, 6.45) is 0.952. The van der Waals surface area contributed by atoms with E-state index in [2.05, 4.69) is 22.0 Å². The van der Waals surface area contributed by atoms with Gasteiger partial charge >= 0.3 is 0 Å². The lowest BCUT2D eigenvalue weighted by molar-refractivity contribution is 0.0942. The van der Waals surface area contributed by atoms with Gasteiger partial charge in [0, 0.05) is 37.7 Å². The first-order chi connectivity index (χ1) is 12.0. The predicted octanol–water partition coefficient (Wildman–Crippen LogP) is 2.88. The molecular weight excluding hydrogens is 338 g/mol. The molecule has 0 unspecified atom stereocenters. The molecule has 1 aromatic rings. The minimum Gasteiger partial charge on any atom is -0.490 e. The first-order valence-electron chi connectivity index (χ1n) is 9.18. The predicted molar refractivity (Wildman–Crippen MR) is 103 cm³/mol. The van der Waals surface area contributed by atoms with Gasteiger partial charge in [-0.15, -0.1) is 0 Å². The van der Waals surface area contributed by atoms with E-state index in [4.69, 9.17) is 16.3 Å². The number of nitrogens with zero attached hydrogens (tertiary/aromatic N) is 2. The van der Waals surface area contributed by atoms with Crippen LogP contribution in [-0.4, -0.2) is 67.6 Å². The number of hydrogen-bond donors (Lipinski definition) is 1. The summed E-state index contributed by atoms with van der Waals surface area (Å²) in [5.74, 6) is 0.446. The normalized spacial score (nSPS) is 16.2. The molecule has 0 spiro atoms. The second kappa shape index (κ2) is 10.00. The molecule has 0 aromatic heterocycles. The highest BCUT2D eigenvalue weighted by molar-refractivity contribution is 6.31. The summed E-state index contributed by atoms with van der Waals surface area (Å²) in [5, 5.41) is 3.52. The first kappa shape index (κ1) is 20.0. The molecular formula is C19H30ClN3O2. The number of ether oxygens (including phenoxy) is 1. The first-order valence-corrected chi connectivity index (χ1v) is 9.56. The largest absolute Gasteiger partial charge is 0.490 e. The maximum Gasteiger partial charge on any atom is 0.255 e. The second-order valence-electron chi connectivity index (χ2n) is 6.69. The van der Waals surface area contributed by atoms with Gasteiger partial charge in [0.25, 0.3) is 5.91 Å². The Morgan fingerprint density at radius 3 is 2.56 bits per heavy atom. The Labute approximate surface area is 156 Å². The third kappa shape index (κ3) is 6.49. The zero-order valence-electron chi connectivity index (χ0n) is 15.6. The van der Waals surface area contributed by atoms with Crippen molar-refractivity contribution in [3.8, 4) is 5.75 Å². The van der Waals surface area contributed by atoms with Crippen LogP contribution < -0.4 is 10.1 Å². The highest BCUT2D eigenvalue weighted by Crippen LogP contribution is 2.24. The van der Waals surface area contributed by atoms with E-state index in [0.29, 0.717) is 22.9 Å². The monoisotopic (exact) mass is 367 g/mol. The van der Waals surface area contributed by atoms with Gasteiger partial charge < -0.3 is 19.9 Å². The zero-order chi connectivity index (χ0) is 18.2. The summed E-state index contributed by atoms with van der Waals surface area (Å²) in [6.45, 7) is 13.4. The molecule has 1 aromatic carbocycles. The van der Waals surface area contributed by atoms with Crippen LogP contribution >= 0.6 is 11.6 Å². The average molecular weight is 368 g/mol. The number of hydrogen-bond acceptors (Lipinski definition) is 4. The number of likely N-dealkylation sites (N-methyl/N-ethyl adjacent to an activating group) is 1. The van der Waals surface area contributed by atoms with Gasteiger partial charge in [0.05, 0.1) is 11.7 Å². The Balaban J connectivity index is 1.78. The van der Waals surface area contributed by atoms with Crippen LogP contribution in [0.2, 0.25) is 5.02 Å². The zero-order valence-corrected chi connectivity index (χ0v) is 16.3. The third-order valence-electron chi connectivity index (χ3n) is 4.40. The van der Waals surface area contributed by atoms with E-state index < -0.39 is 0 Å². The van der Waals surface area contributed by atoms with E-state index in [1.165, 1.54) is 0 Å². The summed E-state index contributed by atoms with van der Waals surface area (Å²) in [7, 11) is 0. The quantitative estimate of drug-likeness (QED) is 0.717. The third-order valence-corrected chi connectivity index (χ3v) is 4.63. The number of benzene rings is 1. The summed E-state index contributed by atoms with van der Waals surface area (Å²) in [6, 6.07) is 5.16. The van der Waals surface area contributed by atoms with Crippen molar-refractivity contribution in [2.75, 3.05) is 45.8 Å². The molecule has 1 aliphatic rings. The average Bonchev–Trinajstić information content (AvgIpc) is 2.60. The van der Waals surface area contributed by atoms with E-state index in [1.54, 1.807) is 18.2 Å². The summed E-state index contributed by atoms with van der Waals surface area (Å²) in [5.41, 5.74) is 0.498. The van der Waals surface area contributed by atoms with Gasteiger partial charge in [-0.25, -0.2) is 0 Å². The summed E-state index contributed by atoms with van der Waals surface area (Å²) >= 11 is 6.04. The summed E-state index contributed by atoms with van der Waals surface area (Å²) in [4.78, 5) is 17.4. The van der Waals surface area contributed by atoms with Crippen LogP contribution in [0.1, 0.15) is 37.6 Å². The second-order valence-corrected chi connectivity index (χ2v) is 7.13. The van der Waals surface area contributed by atoms with Crippen LogP contribution in [0.25, 0.3) is 0 Å². The van der Waals surface area contributed by atoms with Crippen LogP contribution in [0.3, 0.4) is 0 Å². The number of halogens is 1. The molecule has 1 saturated heterocycles. The van der Waals surface area contributed by atoms with Crippen LogP contribution in [-0.2, 0) is 0 Å². The lowest BCUT2D eigenvalue weighted by atomic mass is 10.2. The smallest absolute Gasteiger partial charge is 0.255 e. The summed E-state index contributed by atoms with van der Waals surface area (Å²) < 4.78 is 5.71. The van der Waals surface area contributed by atoms with E-state index >= 15 is 0 Å². The van der Waals surface area contributed by atoms with Crippen molar-refractivity contribution >= 4 is 17.5 Å². The number of nitrogens with one attached hydrogen (secondary N) is 1. The lowest BCUT2D eigenvalue weighted by Gasteiger charge is -2.33. The molecule has 5 nitrogen and oxygen atoms in total. The molecule has 0 aliphatic carbocycles. The number of carbonyl (C=O) groups excluding carboxylic acids is 1. The van der Waals surface area contributed by atoms with Gasteiger partial charge in [0.1, 0.15) is 5.75 Å². The highest BCUT2D eigenvalue weighted by atomic mass is 35.5. The fraction of sp³-hybridized carbons (Fsp3) is 0.632. The number of rotatable bonds is 8. The standard InChI is InChI=1S/C19H30ClN3O2/c1-4-22-10-12-23(13-11-22)9-5-8-21-19(24)17-14-16(20)6-7-18(17)25-15(2)3/h6-7,14-15H,4-5,8-13H2,1-3H3,(H,21,24). The van der Waals surface area contributed by atoms with Gasteiger partial charge in [-0.05, 0) is 51.6 Å². The van der Waals surface area contributed by atoms with E-state index in [0.717, 1.165) is 45.7 Å². The number of amides is 1. The SMILES string of the molecule is CCN1CCN(CCCNC(=O)c2cc(Cl)ccc2OC(C)C)CC1. The van der Waals surface area contributed by atoms with E-state index in [9.17, 15) is 4.79 Å². The molecule has 1 aliphatic heterocycles. The molecule has 6 heteroatoms.